The molecule has 232 valence electrons. The summed E-state index contributed by atoms with van der Waals surface area (Å²) in [5.74, 6) is 1.58. The predicted octanol–water partition coefficient (Wildman–Crippen LogP) is 11.2. The summed E-state index contributed by atoms with van der Waals surface area (Å²) in [5, 5.41) is 0. The zero-order valence-electron chi connectivity index (χ0n) is 26.2. The molecule has 11 heteroatoms. The first-order valence-corrected chi connectivity index (χ1v) is 22.5. The van der Waals surface area contributed by atoms with Crippen molar-refractivity contribution in [2.75, 3.05) is 26.4 Å². The van der Waals surface area contributed by atoms with Gasteiger partial charge in [-0.15, -0.1) is 0 Å². The van der Waals surface area contributed by atoms with E-state index in [9.17, 15) is 0 Å². The minimum atomic E-state index is -2.39. The van der Waals surface area contributed by atoms with Gasteiger partial charge in [-0.1, -0.05) is 142 Å². The van der Waals surface area contributed by atoms with Crippen molar-refractivity contribution in [3.63, 3.8) is 0 Å². The van der Waals surface area contributed by atoms with Crippen LogP contribution < -0.4 is 0 Å². The van der Waals surface area contributed by atoms with Crippen molar-refractivity contribution in [3.05, 3.63) is 0 Å². The quantitative estimate of drug-likeness (QED) is 0.0379. The second kappa shape index (κ2) is 31.9. The van der Waals surface area contributed by atoms with Crippen LogP contribution >= 0.6 is 11.4 Å². The fraction of sp³-hybridized carbons (Fsp3) is 1.00. The van der Waals surface area contributed by atoms with E-state index in [0.29, 0.717) is 26.4 Å². The molecule has 0 radical (unpaired) electrons. The maximum absolute atomic E-state index is 5.56. The monoisotopic (exact) mass is 714 g/mol. The van der Waals surface area contributed by atoms with E-state index in [-0.39, 0.29) is 19.5 Å². The summed E-state index contributed by atoms with van der Waals surface area (Å²) in [6.07, 6.45) is 19.0. The van der Waals surface area contributed by atoms with Crippen molar-refractivity contribution in [2.24, 2.45) is 11.8 Å². The molecule has 0 aromatic heterocycles. The average molecular weight is 716 g/mol. The Morgan fingerprint density at radius 3 is 0.974 bits per heavy atom. The van der Waals surface area contributed by atoms with Gasteiger partial charge in [0.25, 0.3) is 0 Å². The molecule has 0 rings (SSSR count). The molecule has 4 nitrogen and oxygen atoms in total. The fourth-order valence-electron chi connectivity index (χ4n) is 3.50. The molecule has 0 heterocycles. The van der Waals surface area contributed by atoms with Crippen molar-refractivity contribution < 1.29 is 37.6 Å². The summed E-state index contributed by atoms with van der Waals surface area (Å²) < 4.78 is 22.2. The molecular formula is C28H60O4P2S4Zn. The van der Waals surface area contributed by atoms with Crippen molar-refractivity contribution in [1.29, 1.82) is 0 Å². The average Bonchev–Trinajstić information content (AvgIpc) is 2.83. The third kappa shape index (κ3) is 40.5. The Morgan fingerprint density at radius 2 is 0.744 bits per heavy atom. The third-order valence-corrected chi connectivity index (χ3v) is 10.4. The molecule has 0 aliphatic heterocycles. The minimum Gasteiger partial charge on any atom is -0.691 e. The molecule has 0 aliphatic carbocycles. The molecule has 0 saturated carbocycles. The normalized spacial score (nSPS) is 14.4. The molecule has 0 N–H and O–H groups in total. The molecule has 0 bridgehead atoms. The molecule has 39 heavy (non-hydrogen) atoms. The number of unbranched alkanes of at least 4 members (excludes halogenated alkanes) is 10. The second-order valence-corrected chi connectivity index (χ2v) is 20.8. The van der Waals surface area contributed by atoms with Gasteiger partial charge < -0.3 is 42.6 Å². The number of rotatable bonds is 26. The molecule has 0 aromatic rings. The van der Waals surface area contributed by atoms with Gasteiger partial charge in [-0.05, 0) is 37.5 Å². The van der Waals surface area contributed by atoms with Gasteiger partial charge in [0.1, 0.15) is 0 Å². The van der Waals surface area contributed by atoms with Gasteiger partial charge in [0, 0.05) is 0 Å². The second-order valence-electron chi connectivity index (χ2n) is 10.8. The van der Waals surface area contributed by atoms with Crippen LogP contribution in [0.4, 0.5) is 0 Å². The van der Waals surface area contributed by atoms with Gasteiger partial charge in [-0.25, -0.2) is 0 Å². The van der Waals surface area contributed by atoms with Gasteiger partial charge >= 0.3 is 19.5 Å². The molecule has 0 saturated heterocycles. The van der Waals surface area contributed by atoms with E-state index in [2.05, 4.69) is 41.5 Å². The maximum atomic E-state index is 5.56. The first kappa shape index (κ1) is 45.9. The zero-order valence-corrected chi connectivity index (χ0v) is 34.2. The first-order chi connectivity index (χ1) is 18.0. The maximum Gasteiger partial charge on any atom is 2.00 e. The number of hydrogen-bond acceptors (Lipinski definition) is 8. The van der Waals surface area contributed by atoms with E-state index < -0.39 is 11.4 Å². The van der Waals surface area contributed by atoms with Crippen LogP contribution in [0.5, 0.6) is 0 Å². The van der Waals surface area contributed by atoms with E-state index in [0.717, 1.165) is 37.5 Å². The molecule has 0 aromatic carbocycles. The molecule has 0 aliphatic rings. The van der Waals surface area contributed by atoms with Gasteiger partial charge in [-0.2, -0.15) is 0 Å². The van der Waals surface area contributed by atoms with E-state index in [1.54, 1.807) is 0 Å². The van der Waals surface area contributed by atoms with Crippen LogP contribution in [0.3, 0.4) is 0 Å². The largest absolute Gasteiger partial charge is 2.00 e. The molecule has 2 unspecified atom stereocenters. The van der Waals surface area contributed by atoms with Gasteiger partial charge in [0.15, 0.2) is 0 Å². The van der Waals surface area contributed by atoms with Crippen molar-refractivity contribution in [3.8, 4) is 0 Å². The Balaban J connectivity index is -0.000000648. The van der Waals surface area contributed by atoms with Crippen LogP contribution in [-0.4, -0.2) is 26.4 Å². The summed E-state index contributed by atoms with van der Waals surface area (Å²) in [7, 11) is 0. The van der Waals surface area contributed by atoms with Gasteiger partial charge in [-0.3, -0.25) is 0 Å². The van der Waals surface area contributed by atoms with Crippen LogP contribution in [0.15, 0.2) is 0 Å². The van der Waals surface area contributed by atoms with Crippen molar-refractivity contribution in [2.45, 2.75) is 144 Å². The third-order valence-electron chi connectivity index (χ3n) is 5.85. The Kier molecular flexibility index (Phi) is 37.5. The fourth-order valence-corrected chi connectivity index (χ4v) is 6.85. The van der Waals surface area contributed by atoms with Crippen LogP contribution in [-0.2, 0) is 85.7 Å². The van der Waals surface area contributed by atoms with E-state index >= 15 is 0 Å². The van der Waals surface area contributed by atoms with E-state index in [1.165, 1.54) is 77.0 Å². The smallest absolute Gasteiger partial charge is 0.691 e. The minimum absolute atomic E-state index is 0. The SMILES string of the molecule is CCCCCCOP(=S)([S-])OCCCCCC(C)C.CCCCCCOP(=S)([S-])OCCCCCC(C)C.[Zn+2]. The Hall–Kier alpha value is 2.46. The summed E-state index contributed by atoms with van der Waals surface area (Å²) in [5.41, 5.74) is -4.78. The topological polar surface area (TPSA) is 36.9 Å². The molecular weight excluding hydrogens is 656 g/mol. The van der Waals surface area contributed by atoms with E-state index in [4.69, 9.17) is 66.2 Å². The van der Waals surface area contributed by atoms with Crippen LogP contribution in [0.1, 0.15) is 144 Å². The molecule has 0 spiro atoms. The Bertz CT molecular complexity index is 552. The predicted molar refractivity (Wildman–Crippen MR) is 182 cm³/mol. The Labute approximate surface area is 277 Å². The van der Waals surface area contributed by atoms with Gasteiger partial charge in [0.2, 0.25) is 0 Å². The van der Waals surface area contributed by atoms with Gasteiger partial charge in [0.05, 0.1) is 37.8 Å². The number of hydrogen-bond donors (Lipinski definition) is 0. The van der Waals surface area contributed by atoms with Crippen LogP contribution in [0.25, 0.3) is 0 Å². The van der Waals surface area contributed by atoms with Crippen molar-refractivity contribution in [1.82, 2.24) is 0 Å². The van der Waals surface area contributed by atoms with Crippen LogP contribution in [0.2, 0.25) is 0 Å². The zero-order chi connectivity index (χ0) is 29.1. The Morgan fingerprint density at radius 1 is 0.487 bits per heavy atom. The summed E-state index contributed by atoms with van der Waals surface area (Å²) in [6, 6.07) is 0. The summed E-state index contributed by atoms with van der Waals surface area (Å²) in [6.45, 7) is 16.1. The van der Waals surface area contributed by atoms with E-state index in [1.807, 2.05) is 0 Å². The van der Waals surface area contributed by atoms with Crippen LogP contribution in [0, 0.1) is 11.8 Å². The molecule has 2 atom stereocenters. The van der Waals surface area contributed by atoms with Crippen molar-refractivity contribution >= 4 is 59.5 Å². The summed E-state index contributed by atoms with van der Waals surface area (Å²) >= 11 is 20.9. The molecule has 0 amide bonds. The standard InChI is InChI=1S/2C14H31O2PS2.Zn/c2*1-4-5-6-9-12-15-17(18,19)16-13-10-7-8-11-14(2)3;/h2*14H,4-13H2,1-3H3,(H,18,19);/q;;+2/p-2. The summed E-state index contributed by atoms with van der Waals surface area (Å²) in [4.78, 5) is 0. The molecule has 0 fully saturated rings. The first-order valence-electron chi connectivity index (χ1n) is 15.2.